The van der Waals surface area contributed by atoms with Crippen LogP contribution in [0.1, 0.15) is 38.5 Å². The first-order valence-electron chi connectivity index (χ1n) is 45.6. The van der Waals surface area contributed by atoms with E-state index < -0.39 is 23.3 Å². The highest BCUT2D eigenvalue weighted by Gasteiger charge is 2.27. The van der Waals surface area contributed by atoms with Gasteiger partial charge in [0.2, 0.25) is 5.88 Å². The van der Waals surface area contributed by atoms with Crippen molar-refractivity contribution in [1.82, 2.24) is 72.3 Å². The molecule has 137 heavy (non-hydrogen) atoms. The van der Waals surface area contributed by atoms with Gasteiger partial charge in [-0.3, -0.25) is 46.0 Å². The van der Waals surface area contributed by atoms with Crippen molar-refractivity contribution in [3.05, 3.63) is 288 Å². The first-order chi connectivity index (χ1) is 66.3. The summed E-state index contributed by atoms with van der Waals surface area (Å²) in [6.45, 7) is 13.5. The second-order valence-corrected chi connectivity index (χ2v) is 34.8. The summed E-state index contributed by atoms with van der Waals surface area (Å²) >= 11 is 0. The zero-order valence-electron chi connectivity index (χ0n) is 77.9. The van der Waals surface area contributed by atoms with Crippen molar-refractivity contribution in [2.24, 2.45) is 17.6 Å². The van der Waals surface area contributed by atoms with Crippen LogP contribution in [0, 0.1) is 35.1 Å². The Hall–Kier alpha value is -14.7. The molecule has 11 aromatic heterocycles. The fraction of sp³-hybridized carbons (Fsp3) is 0.324. The van der Waals surface area contributed by atoms with Crippen LogP contribution in [0.4, 0.5) is 46.0 Å². The average molecular weight is 1870 g/mol. The van der Waals surface area contributed by atoms with Crippen LogP contribution in [-0.2, 0) is 0 Å². The van der Waals surface area contributed by atoms with Gasteiger partial charge in [-0.05, 0) is 231 Å². The summed E-state index contributed by atoms with van der Waals surface area (Å²) in [6, 6.07) is 50.4. The van der Waals surface area contributed by atoms with Crippen molar-refractivity contribution in [2.75, 3.05) is 180 Å². The number of nitrogens with zero attached hydrogens (tertiary/aromatic N) is 17. The van der Waals surface area contributed by atoms with Gasteiger partial charge in [0, 0.05) is 180 Å². The third-order valence-electron chi connectivity index (χ3n) is 25.1. The predicted molar refractivity (Wildman–Crippen MR) is 527 cm³/mol. The zero-order chi connectivity index (χ0) is 96.1. The number of rotatable bonds is 20. The van der Waals surface area contributed by atoms with E-state index in [0.29, 0.717) is 108 Å². The van der Waals surface area contributed by atoms with Crippen LogP contribution in [0.3, 0.4) is 0 Å². The van der Waals surface area contributed by atoms with Gasteiger partial charge in [0.1, 0.15) is 28.2 Å². The average Bonchev–Trinajstić information content (AvgIpc) is 0.911. The number of piperidine rings is 2. The van der Waals surface area contributed by atoms with Crippen molar-refractivity contribution >= 4 is 56.7 Å². The van der Waals surface area contributed by atoms with E-state index >= 15 is 0 Å². The smallest absolute Gasteiger partial charge is 0.258 e. The van der Waals surface area contributed by atoms with Gasteiger partial charge in [-0.25, -0.2) is 47.5 Å². The SMILES string of the molecule is CNCC1CCN(c2ccc3nc(-c4ccc(OC)c(F)c4)cc(=O)n3c2)CC1.COc1ccc(-c2cc(=O)n3cc(N4CCC(CN(C)C)CC4)ccc3n2)cc1F.COc1ccc(-c2cc(=O)n3cc(N4CC[C@H](N)C4)ccc3n2)cc1F.COc1ccc(-c2cc(=O)n3cc(N[C@@H]4CCN(C)C4)ccc3n2)cc1F.COc1cccc(-c2cc(=O)n3cc(N4CCNCC4)ccc3n2)n1. The maximum atomic E-state index is 14.1. The molecule has 5 saturated heterocycles. The molecule has 0 spiro atoms. The summed E-state index contributed by atoms with van der Waals surface area (Å²) in [4.78, 5) is 104. The Morgan fingerprint density at radius 2 is 0.752 bits per heavy atom. The molecule has 20 rings (SSSR count). The molecule has 5 fully saturated rings. The van der Waals surface area contributed by atoms with Gasteiger partial charge < -0.3 is 74.8 Å². The molecule has 0 radical (unpaired) electrons. The summed E-state index contributed by atoms with van der Waals surface area (Å²) < 4.78 is 88.7. The Labute approximate surface area is 788 Å². The third kappa shape index (κ3) is 22.8. The lowest BCUT2D eigenvalue weighted by atomic mass is 9.96. The van der Waals surface area contributed by atoms with Gasteiger partial charge in [-0.1, -0.05) is 6.07 Å². The number of ether oxygens (including phenoxy) is 5. The minimum atomic E-state index is -0.493. The third-order valence-corrected chi connectivity index (χ3v) is 25.1. The highest BCUT2D eigenvalue weighted by atomic mass is 19.1. The van der Waals surface area contributed by atoms with E-state index in [2.05, 4.69) is 96.4 Å². The Morgan fingerprint density at radius 3 is 1.11 bits per heavy atom. The van der Waals surface area contributed by atoms with E-state index in [1.54, 1.807) is 75.2 Å². The van der Waals surface area contributed by atoms with Crippen molar-refractivity contribution in [3.63, 3.8) is 0 Å². The molecular formula is C102H111F4N21O10. The number of pyridine rings is 6. The second kappa shape index (κ2) is 43.4. The standard InChI is InChI=1S/C23H27FN4O2.C22H25FN4O2.C20H21FN4O2.C19H19FN4O2.C18H19N5O2/c1-26(2)14-16-8-10-27(11-9-16)18-5-7-22-25-20(13-23(29)28(22)15-18)17-4-6-21(30-3)19(24)12-17;1-24-13-15-7-9-26(10-8-15)17-4-6-21-25-19(12-22(28)27(21)14-17)16-3-5-20(29-2)18(23)11-16;1-24-8-7-15(11-24)22-14-4-6-19-23-17(10-20(26)25(19)12-14)13-3-5-18(27-2)16(21)9-13;1-26-17-4-2-12(8-15(17)20)16-9-19(25)24-11-14(3-5-18(24)22-16)23-7-6-13(21)10-23;1-25-17-4-2-3-14(21-17)15-11-18(24)23-12-13(5-6-16(23)20-15)22-9-7-19-8-10-22/h4-7,12-13,15-16H,8-11,14H2,1-3H3;3-6,11-12,14-15,24H,7-10,13H2,1-2H3;3-6,9-10,12,15,22H,7-8,11H2,1-2H3;2-5,8-9,11,13H,6-7,10,21H2,1H3;2-6,11-12,19H,7-10H2,1H3/t;;15-;13-;/m..10./s1. The molecule has 5 aliphatic heterocycles. The normalized spacial score (nSPS) is 15.8. The van der Waals surface area contributed by atoms with Crippen molar-refractivity contribution < 1.29 is 41.2 Å². The van der Waals surface area contributed by atoms with Crippen LogP contribution in [0.25, 0.3) is 84.7 Å². The lowest BCUT2D eigenvalue weighted by Gasteiger charge is -2.34. The number of hydrogen-bond acceptors (Lipinski definition) is 26. The molecule has 4 aromatic carbocycles. The largest absolute Gasteiger partial charge is 0.494 e. The Balaban J connectivity index is 0.000000124. The van der Waals surface area contributed by atoms with E-state index in [1.165, 1.54) is 116 Å². The summed E-state index contributed by atoms with van der Waals surface area (Å²) in [5.41, 5.74) is 17.7. The number of nitrogens with one attached hydrogen (secondary N) is 3. The number of benzene rings is 4. The molecule has 0 saturated carbocycles. The number of fused-ring (bicyclic) bond motifs is 5. The molecule has 0 bridgehead atoms. The number of likely N-dealkylation sites (tertiary alicyclic amines) is 1. The van der Waals surface area contributed by atoms with E-state index in [0.717, 1.165) is 159 Å². The van der Waals surface area contributed by atoms with Crippen LogP contribution in [-0.4, -0.2) is 229 Å². The highest BCUT2D eigenvalue weighted by molar-refractivity contribution is 5.69. The molecule has 16 heterocycles. The van der Waals surface area contributed by atoms with Crippen LogP contribution in [0.2, 0.25) is 0 Å². The van der Waals surface area contributed by atoms with Crippen LogP contribution < -0.4 is 92.8 Å². The van der Waals surface area contributed by atoms with E-state index in [9.17, 15) is 41.5 Å². The number of halogens is 4. The molecule has 35 heteroatoms. The fourth-order valence-electron chi connectivity index (χ4n) is 17.8. The molecule has 15 aromatic rings. The lowest BCUT2D eigenvalue weighted by molar-refractivity contribution is 0.285. The predicted octanol–water partition coefficient (Wildman–Crippen LogP) is 12.1. The first kappa shape index (κ1) is 95.5. The van der Waals surface area contributed by atoms with Crippen molar-refractivity contribution in [1.29, 1.82) is 0 Å². The molecule has 0 aliphatic carbocycles. The zero-order valence-corrected chi connectivity index (χ0v) is 77.9. The minimum absolute atomic E-state index is 0.124. The number of aromatic nitrogens is 11. The number of nitrogens with two attached hydrogens (primary N) is 1. The number of anilines is 5. The van der Waals surface area contributed by atoms with Crippen LogP contribution >= 0.6 is 0 Å². The molecular weight excluding hydrogens is 1760 g/mol. The maximum absolute atomic E-state index is 14.1. The monoisotopic (exact) mass is 1870 g/mol. The van der Waals surface area contributed by atoms with Crippen molar-refractivity contribution in [3.8, 4) is 85.3 Å². The van der Waals surface area contributed by atoms with Gasteiger partial charge in [-0.2, -0.15) is 0 Å². The van der Waals surface area contributed by atoms with Crippen LogP contribution in [0.15, 0.2) is 237 Å². The summed E-state index contributed by atoms with van der Waals surface area (Å²) in [5.74, 6) is 0.601. The van der Waals surface area contributed by atoms with Gasteiger partial charge in [0.25, 0.3) is 27.8 Å². The number of hydrogen-bond donors (Lipinski definition) is 4. The van der Waals surface area contributed by atoms with Gasteiger partial charge >= 0.3 is 0 Å². The molecule has 2 atom stereocenters. The summed E-state index contributed by atoms with van der Waals surface area (Å²) in [6.07, 6.45) is 15.7. The maximum Gasteiger partial charge on any atom is 0.258 e. The van der Waals surface area contributed by atoms with Gasteiger partial charge in [-0.15, -0.1) is 0 Å². The molecule has 712 valence electrons. The molecule has 0 amide bonds. The van der Waals surface area contributed by atoms with Crippen LogP contribution in [0.5, 0.6) is 28.9 Å². The molecule has 5 aliphatic rings. The minimum Gasteiger partial charge on any atom is -0.494 e. The quantitative estimate of drug-likeness (QED) is 0.0515. The Kier molecular flexibility index (Phi) is 30.2. The molecule has 0 unspecified atom stereocenters. The number of piperazine rings is 1. The van der Waals surface area contributed by atoms with E-state index in [4.69, 9.17) is 29.4 Å². The first-order valence-corrected chi connectivity index (χ1v) is 45.6. The topological polar surface area (TPSA) is 312 Å². The number of methoxy groups -OCH3 is 5. The van der Waals surface area contributed by atoms with Gasteiger partial charge in [0.15, 0.2) is 46.3 Å². The number of likely N-dealkylation sites (N-methyl/N-ethyl adjacent to an activating group) is 1. The van der Waals surface area contributed by atoms with Gasteiger partial charge in [0.05, 0.1) is 98.1 Å². The Morgan fingerprint density at radius 1 is 0.387 bits per heavy atom. The fourth-order valence-corrected chi connectivity index (χ4v) is 17.8. The van der Waals surface area contributed by atoms with E-state index in [1.807, 2.05) is 86.3 Å². The second-order valence-electron chi connectivity index (χ2n) is 34.8. The molecule has 5 N–H and O–H groups in total. The molecule has 31 nitrogen and oxygen atoms in total. The lowest BCUT2D eigenvalue weighted by Crippen LogP contribution is -2.43. The van der Waals surface area contributed by atoms with E-state index in [-0.39, 0.29) is 56.8 Å². The summed E-state index contributed by atoms with van der Waals surface area (Å²) in [5, 5.41) is 10.0. The highest BCUT2D eigenvalue weighted by Crippen LogP contribution is 2.33. The van der Waals surface area contributed by atoms with Crippen molar-refractivity contribution in [2.45, 2.75) is 50.6 Å². The Bertz CT molecular complexity index is 7180. The summed E-state index contributed by atoms with van der Waals surface area (Å²) in [7, 11) is 15.5.